The lowest BCUT2D eigenvalue weighted by molar-refractivity contribution is -0.122. The fourth-order valence-corrected chi connectivity index (χ4v) is 1.83. The van der Waals surface area contributed by atoms with Gasteiger partial charge in [0, 0.05) is 19.1 Å². The van der Waals surface area contributed by atoms with Gasteiger partial charge < -0.3 is 10.4 Å². The second-order valence-corrected chi connectivity index (χ2v) is 5.36. The van der Waals surface area contributed by atoms with E-state index in [2.05, 4.69) is 36.5 Å². The number of benzene rings is 1. The van der Waals surface area contributed by atoms with Crippen LogP contribution >= 0.6 is 0 Å². The molecule has 1 aromatic carbocycles. The fraction of sp³-hybridized carbons (Fsp3) is 0.562. The van der Waals surface area contributed by atoms with Crippen molar-refractivity contribution in [3.8, 4) is 0 Å². The number of amides is 1. The minimum Gasteiger partial charge on any atom is -0.396 e. The monoisotopic (exact) mass is 263 g/mol. The molecule has 0 radical (unpaired) electrons. The molecule has 1 aromatic rings. The maximum atomic E-state index is 11.7. The Bertz CT molecular complexity index is 386. The van der Waals surface area contributed by atoms with Crippen LogP contribution < -0.4 is 5.32 Å². The first-order valence-corrected chi connectivity index (χ1v) is 6.98. The average Bonchev–Trinajstić information content (AvgIpc) is 2.40. The summed E-state index contributed by atoms with van der Waals surface area (Å²) in [6.45, 7) is 6.03. The quantitative estimate of drug-likeness (QED) is 0.794. The number of aliphatic hydroxyl groups excluding tert-OH is 1. The van der Waals surface area contributed by atoms with Crippen LogP contribution in [0.15, 0.2) is 24.3 Å². The molecule has 0 fully saturated rings. The lowest BCUT2D eigenvalue weighted by Crippen LogP contribution is -2.38. The highest BCUT2D eigenvalue weighted by Crippen LogP contribution is 2.08. The van der Waals surface area contributed by atoms with E-state index in [4.69, 9.17) is 5.11 Å². The number of carbonyl (C=O) groups excluding carboxylic acids is 1. The van der Waals surface area contributed by atoms with Crippen LogP contribution in [-0.4, -0.2) is 23.7 Å². The van der Waals surface area contributed by atoms with Gasteiger partial charge in [-0.25, -0.2) is 0 Å². The van der Waals surface area contributed by atoms with Crippen molar-refractivity contribution in [1.82, 2.24) is 5.32 Å². The van der Waals surface area contributed by atoms with E-state index >= 15 is 0 Å². The van der Waals surface area contributed by atoms with Gasteiger partial charge in [-0.05, 0) is 38.2 Å². The molecule has 2 unspecified atom stereocenters. The Morgan fingerprint density at radius 3 is 2.47 bits per heavy atom. The van der Waals surface area contributed by atoms with Gasteiger partial charge in [-0.1, -0.05) is 36.8 Å². The summed E-state index contributed by atoms with van der Waals surface area (Å²) < 4.78 is 0. The maximum absolute atomic E-state index is 11.7. The van der Waals surface area contributed by atoms with Crippen molar-refractivity contribution in [2.75, 3.05) is 6.61 Å². The van der Waals surface area contributed by atoms with Crippen molar-refractivity contribution in [2.45, 2.75) is 46.1 Å². The fourth-order valence-electron chi connectivity index (χ4n) is 1.83. The highest BCUT2D eigenvalue weighted by atomic mass is 16.3. The third-order valence-corrected chi connectivity index (χ3v) is 3.52. The Morgan fingerprint density at radius 1 is 1.26 bits per heavy atom. The Kier molecular flexibility index (Phi) is 6.57. The molecule has 3 nitrogen and oxygen atoms in total. The molecule has 0 aliphatic rings. The van der Waals surface area contributed by atoms with Crippen molar-refractivity contribution in [2.24, 2.45) is 5.92 Å². The Morgan fingerprint density at radius 2 is 1.89 bits per heavy atom. The lowest BCUT2D eigenvalue weighted by Gasteiger charge is -2.19. The molecule has 0 heterocycles. The van der Waals surface area contributed by atoms with Crippen molar-refractivity contribution in [3.05, 3.63) is 35.4 Å². The number of rotatable bonds is 7. The van der Waals surface area contributed by atoms with E-state index in [9.17, 15) is 4.79 Å². The van der Waals surface area contributed by atoms with Crippen molar-refractivity contribution < 1.29 is 9.90 Å². The summed E-state index contributed by atoms with van der Waals surface area (Å²) in [6, 6.07) is 8.45. The molecule has 1 amide bonds. The SMILES string of the molecule is Cc1ccc(CCCC(=O)NC(C)C(C)CO)cc1. The molecule has 1 rings (SSSR count). The Balaban J connectivity index is 2.25. The number of aryl methyl sites for hydroxylation is 2. The summed E-state index contributed by atoms with van der Waals surface area (Å²) in [5.41, 5.74) is 2.53. The Labute approximate surface area is 116 Å². The van der Waals surface area contributed by atoms with Crippen LogP contribution in [0.3, 0.4) is 0 Å². The zero-order valence-corrected chi connectivity index (χ0v) is 12.1. The van der Waals surface area contributed by atoms with Gasteiger partial charge in [0.25, 0.3) is 0 Å². The standard InChI is InChI=1S/C16H25NO2/c1-12-7-9-15(10-8-12)5-4-6-16(19)17-14(3)13(2)11-18/h7-10,13-14,18H,4-6,11H2,1-3H3,(H,17,19). The minimum absolute atomic E-state index is 0.0249. The van der Waals surface area contributed by atoms with Crippen LogP contribution in [0.5, 0.6) is 0 Å². The van der Waals surface area contributed by atoms with E-state index in [1.807, 2.05) is 13.8 Å². The minimum atomic E-state index is 0.0249. The van der Waals surface area contributed by atoms with Crippen LogP contribution in [0, 0.1) is 12.8 Å². The number of hydrogen-bond donors (Lipinski definition) is 2. The first-order valence-electron chi connectivity index (χ1n) is 6.98. The zero-order chi connectivity index (χ0) is 14.3. The van der Waals surface area contributed by atoms with Gasteiger partial charge in [-0.2, -0.15) is 0 Å². The summed E-state index contributed by atoms with van der Waals surface area (Å²) in [5, 5.41) is 11.9. The summed E-state index contributed by atoms with van der Waals surface area (Å²) >= 11 is 0. The second-order valence-electron chi connectivity index (χ2n) is 5.36. The zero-order valence-electron chi connectivity index (χ0n) is 12.1. The molecule has 0 spiro atoms. The van der Waals surface area contributed by atoms with Crippen molar-refractivity contribution >= 4 is 5.91 Å². The molecular formula is C16H25NO2. The van der Waals surface area contributed by atoms with E-state index in [1.54, 1.807) is 0 Å². The highest BCUT2D eigenvalue weighted by Gasteiger charge is 2.13. The van der Waals surface area contributed by atoms with Gasteiger partial charge >= 0.3 is 0 Å². The van der Waals surface area contributed by atoms with E-state index in [0.717, 1.165) is 12.8 Å². The molecule has 0 aromatic heterocycles. The molecule has 0 bridgehead atoms. The van der Waals surface area contributed by atoms with E-state index in [1.165, 1.54) is 11.1 Å². The van der Waals surface area contributed by atoms with Gasteiger partial charge in [-0.15, -0.1) is 0 Å². The van der Waals surface area contributed by atoms with Crippen LogP contribution in [0.1, 0.15) is 37.8 Å². The van der Waals surface area contributed by atoms with Crippen LogP contribution in [0.4, 0.5) is 0 Å². The lowest BCUT2D eigenvalue weighted by atomic mass is 10.0. The topological polar surface area (TPSA) is 49.3 Å². The maximum Gasteiger partial charge on any atom is 0.220 e. The molecule has 2 atom stereocenters. The number of aliphatic hydroxyl groups is 1. The van der Waals surface area contributed by atoms with E-state index in [0.29, 0.717) is 6.42 Å². The first-order chi connectivity index (χ1) is 9.02. The van der Waals surface area contributed by atoms with Gasteiger partial charge in [0.1, 0.15) is 0 Å². The molecule has 2 N–H and O–H groups in total. The molecule has 0 saturated heterocycles. The molecule has 0 aliphatic carbocycles. The van der Waals surface area contributed by atoms with Crippen LogP contribution in [0.25, 0.3) is 0 Å². The first kappa shape index (κ1) is 15.7. The average molecular weight is 263 g/mol. The van der Waals surface area contributed by atoms with Gasteiger partial charge in [0.15, 0.2) is 0 Å². The Hall–Kier alpha value is -1.35. The molecule has 3 heteroatoms. The number of nitrogens with one attached hydrogen (secondary N) is 1. The highest BCUT2D eigenvalue weighted by molar-refractivity contribution is 5.76. The number of hydrogen-bond acceptors (Lipinski definition) is 2. The van der Waals surface area contributed by atoms with Gasteiger partial charge in [-0.3, -0.25) is 4.79 Å². The second kappa shape index (κ2) is 7.95. The van der Waals surface area contributed by atoms with Crippen LogP contribution in [0.2, 0.25) is 0 Å². The summed E-state index contributed by atoms with van der Waals surface area (Å²) in [7, 11) is 0. The smallest absolute Gasteiger partial charge is 0.220 e. The summed E-state index contributed by atoms with van der Waals surface area (Å²) in [4.78, 5) is 11.7. The third kappa shape index (κ3) is 5.88. The molecule has 0 aliphatic heterocycles. The summed E-state index contributed by atoms with van der Waals surface area (Å²) in [5.74, 6) is 0.168. The van der Waals surface area contributed by atoms with Crippen molar-refractivity contribution in [3.63, 3.8) is 0 Å². The molecule has 0 saturated carbocycles. The third-order valence-electron chi connectivity index (χ3n) is 3.52. The van der Waals surface area contributed by atoms with E-state index in [-0.39, 0.29) is 24.5 Å². The predicted molar refractivity (Wildman–Crippen MR) is 78.0 cm³/mol. The number of carbonyl (C=O) groups is 1. The predicted octanol–water partition coefficient (Wildman–Crippen LogP) is 2.45. The van der Waals surface area contributed by atoms with Crippen LogP contribution in [-0.2, 0) is 11.2 Å². The summed E-state index contributed by atoms with van der Waals surface area (Å²) in [6.07, 6.45) is 2.32. The largest absolute Gasteiger partial charge is 0.396 e. The van der Waals surface area contributed by atoms with E-state index < -0.39 is 0 Å². The molecule has 106 valence electrons. The molecular weight excluding hydrogens is 238 g/mol. The molecule has 19 heavy (non-hydrogen) atoms. The van der Waals surface area contributed by atoms with Gasteiger partial charge in [0.2, 0.25) is 5.91 Å². The van der Waals surface area contributed by atoms with Crippen molar-refractivity contribution in [1.29, 1.82) is 0 Å². The normalized spacial score (nSPS) is 13.9. The van der Waals surface area contributed by atoms with Gasteiger partial charge in [0.05, 0.1) is 0 Å².